The summed E-state index contributed by atoms with van der Waals surface area (Å²) in [6.45, 7) is 17.8. The first kappa shape index (κ1) is 47.0. The topological polar surface area (TPSA) is 190 Å². The van der Waals surface area contributed by atoms with E-state index in [1.807, 2.05) is 60.7 Å². The van der Waals surface area contributed by atoms with Crippen LogP contribution in [0.25, 0.3) is 0 Å². The number of carbonyl (C=O) groups is 6. The number of amides is 5. The maximum absolute atomic E-state index is 14.2. The van der Waals surface area contributed by atoms with E-state index in [1.54, 1.807) is 69.2 Å². The maximum Gasteiger partial charge on any atom is 0.408 e. The Morgan fingerprint density at radius 2 is 1.04 bits per heavy atom. The van der Waals surface area contributed by atoms with Crippen molar-refractivity contribution in [1.29, 1.82) is 0 Å². The van der Waals surface area contributed by atoms with Gasteiger partial charge in [-0.05, 0) is 84.3 Å². The molecule has 2 aromatic carbocycles. The van der Waals surface area contributed by atoms with E-state index >= 15 is 0 Å². The molecule has 0 bridgehead atoms. The zero-order chi connectivity index (χ0) is 42.1. The number of nitrogens with one attached hydrogen (secondary N) is 5. The lowest BCUT2D eigenvalue weighted by Crippen LogP contribution is -2.61. The first-order chi connectivity index (χ1) is 26.1. The normalized spacial score (nSPS) is 13.8. The molecule has 0 spiro atoms. The number of carbonyl (C=O) groups excluding carboxylic acids is 6. The zero-order valence-electron chi connectivity index (χ0n) is 34.7. The third kappa shape index (κ3) is 18.5. The monoisotopic (exact) mass is 781 g/mol. The molecule has 2 aromatic rings. The highest BCUT2D eigenvalue weighted by Crippen LogP contribution is 2.21. The molecule has 5 amide bonds. The number of hydrogen-bond donors (Lipinski definition) is 5. The highest BCUT2D eigenvalue weighted by molar-refractivity contribution is 5.95. The molecule has 14 heteroatoms. The van der Waals surface area contributed by atoms with Gasteiger partial charge < -0.3 is 40.8 Å². The fraction of sp³-hybridized carbons (Fsp3) is 0.571. The molecule has 0 aromatic heterocycles. The Kier molecular flexibility index (Phi) is 18.3. The molecule has 14 nitrogen and oxygen atoms in total. The third-order valence-electron chi connectivity index (χ3n) is 8.10. The van der Waals surface area contributed by atoms with Crippen LogP contribution in [0.15, 0.2) is 60.7 Å². The molecule has 0 unspecified atom stereocenters. The van der Waals surface area contributed by atoms with Crippen molar-refractivity contribution in [3.05, 3.63) is 71.8 Å². The minimum absolute atomic E-state index is 0.0736. The van der Waals surface area contributed by atoms with Crippen LogP contribution in [0.5, 0.6) is 0 Å². The Morgan fingerprint density at radius 1 is 0.571 bits per heavy atom. The lowest BCUT2D eigenvalue weighted by atomic mass is 9.85. The average Bonchev–Trinajstić information content (AvgIpc) is 3.08. The van der Waals surface area contributed by atoms with Crippen molar-refractivity contribution >= 4 is 35.9 Å². The van der Waals surface area contributed by atoms with E-state index < -0.39 is 76.7 Å². The molecule has 0 heterocycles. The largest absolute Gasteiger partial charge is 0.464 e. The second-order valence-corrected chi connectivity index (χ2v) is 16.7. The summed E-state index contributed by atoms with van der Waals surface area (Å²) < 4.78 is 15.9. The SMILES string of the molecule is CCOC(=O)[C@@H](CCCCNC(=O)OC(C)(C)C)NC(=O)[C@H](NC(=O)[C@@H](Cc1ccccc1)NC(=O)[C@@H](Cc1ccccc1)NC(=O)OC(C)(C)C)C(C)(C)C. The molecule has 0 saturated carbocycles. The molecule has 0 aliphatic rings. The van der Waals surface area contributed by atoms with Crippen molar-refractivity contribution in [3.63, 3.8) is 0 Å². The van der Waals surface area contributed by atoms with Crippen LogP contribution in [-0.4, -0.2) is 84.4 Å². The summed E-state index contributed by atoms with van der Waals surface area (Å²) in [5.74, 6) is -2.52. The van der Waals surface area contributed by atoms with Crippen molar-refractivity contribution < 1.29 is 43.0 Å². The van der Waals surface area contributed by atoms with Gasteiger partial charge in [-0.3, -0.25) is 14.4 Å². The summed E-state index contributed by atoms with van der Waals surface area (Å²) in [5.41, 5.74) is -0.785. The van der Waals surface area contributed by atoms with Gasteiger partial charge in [-0.2, -0.15) is 0 Å². The van der Waals surface area contributed by atoms with E-state index in [2.05, 4.69) is 26.6 Å². The van der Waals surface area contributed by atoms with Gasteiger partial charge in [0.2, 0.25) is 17.7 Å². The smallest absolute Gasteiger partial charge is 0.408 e. The van der Waals surface area contributed by atoms with E-state index in [9.17, 15) is 28.8 Å². The van der Waals surface area contributed by atoms with Gasteiger partial charge in [0.25, 0.3) is 0 Å². The maximum atomic E-state index is 14.2. The lowest BCUT2D eigenvalue weighted by molar-refractivity contribution is -0.148. The molecule has 4 atom stereocenters. The van der Waals surface area contributed by atoms with Crippen molar-refractivity contribution in [3.8, 4) is 0 Å². The Balaban J connectivity index is 2.30. The zero-order valence-corrected chi connectivity index (χ0v) is 34.7. The Bertz CT molecular complexity index is 1580. The molecule has 0 aliphatic heterocycles. The van der Waals surface area contributed by atoms with Crippen LogP contribution in [0.1, 0.15) is 99.6 Å². The average molecular weight is 782 g/mol. The van der Waals surface area contributed by atoms with Crippen molar-refractivity contribution in [1.82, 2.24) is 26.6 Å². The van der Waals surface area contributed by atoms with Crippen molar-refractivity contribution in [2.45, 2.75) is 137 Å². The van der Waals surface area contributed by atoms with Crippen molar-refractivity contribution in [2.75, 3.05) is 13.2 Å². The number of rotatable bonds is 18. The highest BCUT2D eigenvalue weighted by atomic mass is 16.6. The van der Waals surface area contributed by atoms with Gasteiger partial charge in [-0.25, -0.2) is 14.4 Å². The Labute approximate surface area is 331 Å². The summed E-state index contributed by atoms with van der Waals surface area (Å²) in [5, 5.41) is 13.8. The molecule has 2 rings (SSSR count). The third-order valence-corrected chi connectivity index (χ3v) is 8.10. The summed E-state index contributed by atoms with van der Waals surface area (Å²) >= 11 is 0. The fourth-order valence-corrected chi connectivity index (χ4v) is 5.48. The summed E-state index contributed by atoms with van der Waals surface area (Å²) in [6.07, 6.45) is 0.0144. The number of benzene rings is 2. The van der Waals surface area contributed by atoms with Gasteiger partial charge in [-0.15, -0.1) is 0 Å². The minimum Gasteiger partial charge on any atom is -0.464 e. The van der Waals surface area contributed by atoms with Crippen LogP contribution in [0.2, 0.25) is 0 Å². The van der Waals surface area contributed by atoms with Crippen LogP contribution in [0.3, 0.4) is 0 Å². The van der Waals surface area contributed by atoms with E-state index in [1.165, 1.54) is 0 Å². The molecule has 5 N–H and O–H groups in total. The molecule has 0 radical (unpaired) electrons. The van der Waals surface area contributed by atoms with Gasteiger partial charge in [0.1, 0.15) is 35.4 Å². The number of unbranched alkanes of at least 4 members (excludes halogenated alkanes) is 1. The molecule has 0 fully saturated rings. The Hall–Kier alpha value is -5.14. The second-order valence-electron chi connectivity index (χ2n) is 16.7. The van der Waals surface area contributed by atoms with Crippen LogP contribution in [0.4, 0.5) is 9.59 Å². The predicted molar refractivity (Wildman–Crippen MR) is 213 cm³/mol. The predicted octanol–water partition coefficient (Wildman–Crippen LogP) is 5.12. The Morgan fingerprint density at radius 3 is 1.52 bits per heavy atom. The van der Waals surface area contributed by atoms with Gasteiger partial charge in [0.15, 0.2) is 0 Å². The highest BCUT2D eigenvalue weighted by Gasteiger charge is 2.37. The lowest BCUT2D eigenvalue weighted by Gasteiger charge is -2.33. The van der Waals surface area contributed by atoms with E-state index in [4.69, 9.17) is 14.2 Å². The molecule has 0 saturated heterocycles. The van der Waals surface area contributed by atoms with E-state index in [-0.39, 0.29) is 25.9 Å². The van der Waals surface area contributed by atoms with Gasteiger partial charge in [-0.1, -0.05) is 81.4 Å². The molecular formula is C42H63N5O9. The second kappa shape index (κ2) is 21.8. The quantitative estimate of drug-likeness (QED) is 0.0776. The first-order valence-corrected chi connectivity index (χ1v) is 19.2. The molecule has 56 heavy (non-hydrogen) atoms. The van der Waals surface area contributed by atoms with Crippen LogP contribution >= 0.6 is 0 Å². The first-order valence-electron chi connectivity index (χ1n) is 19.2. The summed E-state index contributed by atoms with van der Waals surface area (Å²) in [7, 11) is 0. The van der Waals surface area contributed by atoms with Gasteiger partial charge in [0, 0.05) is 19.4 Å². The number of alkyl carbamates (subject to hydrolysis) is 2. The molecule has 310 valence electrons. The minimum atomic E-state index is -1.17. The van der Waals surface area contributed by atoms with Gasteiger partial charge >= 0.3 is 18.2 Å². The number of hydrogen-bond acceptors (Lipinski definition) is 9. The summed E-state index contributed by atoms with van der Waals surface area (Å²) in [4.78, 5) is 80.0. The molecule has 0 aliphatic carbocycles. The van der Waals surface area contributed by atoms with Crippen molar-refractivity contribution in [2.24, 2.45) is 5.41 Å². The molecular weight excluding hydrogens is 718 g/mol. The van der Waals surface area contributed by atoms with Crippen LogP contribution < -0.4 is 26.6 Å². The van der Waals surface area contributed by atoms with Crippen LogP contribution in [0, 0.1) is 5.41 Å². The number of ether oxygens (including phenoxy) is 3. The number of esters is 1. The fourth-order valence-electron chi connectivity index (χ4n) is 5.48. The summed E-state index contributed by atoms with van der Waals surface area (Å²) in [6, 6.07) is 13.7. The van der Waals surface area contributed by atoms with Gasteiger partial charge in [0.05, 0.1) is 6.61 Å². The van der Waals surface area contributed by atoms with E-state index in [0.29, 0.717) is 19.4 Å². The van der Waals surface area contributed by atoms with Crippen LogP contribution in [-0.2, 0) is 46.2 Å². The standard InChI is InChI=1S/C42H63N5O9/c1-11-54-37(51)30(24-18-19-25-43-38(52)55-41(5,6)7)44-36(50)33(40(2,3)4)47-35(49)31(26-28-20-14-12-15-21-28)45-34(48)32(27-29-22-16-13-17-23-29)46-39(53)56-42(8,9)10/h12-17,20-23,30-33H,11,18-19,24-27H2,1-10H3,(H,43,52)(H,44,50)(H,45,48)(H,46,53)(H,47,49)/t30-,31-,32-,33+/m1/s1. The van der Waals surface area contributed by atoms with E-state index in [0.717, 1.165) is 11.1 Å².